The molecule has 0 aliphatic heterocycles. The van der Waals surface area contributed by atoms with Crippen LogP contribution in [0.15, 0.2) is 160 Å². The highest BCUT2D eigenvalue weighted by Gasteiger charge is 2.22. The van der Waals surface area contributed by atoms with Crippen molar-refractivity contribution in [2.24, 2.45) is 0 Å². The van der Waals surface area contributed by atoms with E-state index in [4.69, 9.17) is 8.83 Å². The monoisotopic (exact) mass is 575 g/mol. The van der Waals surface area contributed by atoms with Gasteiger partial charge in [0.15, 0.2) is 0 Å². The Balaban J connectivity index is 1.39. The summed E-state index contributed by atoms with van der Waals surface area (Å²) in [7, 11) is 0. The Bertz CT molecular complexity index is 2760. The molecule has 0 N–H and O–H groups in total. The van der Waals surface area contributed by atoms with Crippen LogP contribution in [0, 0.1) is 0 Å². The first-order chi connectivity index (χ1) is 22.3. The van der Waals surface area contributed by atoms with Gasteiger partial charge in [-0.3, -0.25) is 0 Å². The Hall–Kier alpha value is -6.06. The van der Waals surface area contributed by atoms with Gasteiger partial charge in [-0.15, -0.1) is 0 Å². The quantitative estimate of drug-likeness (QED) is 0.210. The van der Waals surface area contributed by atoms with Crippen molar-refractivity contribution in [2.45, 2.75) is 0 Å². The van der Waals surface area contributed by atoms with Crippen molar-refractivity contribution in [3.63, 3.8) is 0 Å². The lowest BCUT2D eigenvalue weighted by atomic mass is 9.93. The fraction of sp³-hybridized carbons (Fsp3) is 0. The van der Waals surface area contributed by atoms with Gasteiger partial charge in [-0.2, -0.15) is 0 Å². The van der Waals surface area contributed by atoms with Crippen LogP contribution in [0.3, 0.4) is 0 Å². The number of rotatable bonds is 3. The third kappa shape index (κ3) is 3.46. The molecule has 0 spiro atoms. The Morgan fingerprint density at radius 1 is 0.378 bits per heavy atom. The number of benzene rings is 7. The number of nitrogens with zero attached hydrogens (tertiary/aromatic N) is 1. The molecule has 0 fully saturated rings. The average molecular weight is 576 g/mol. The second-order valence-corrected chi connectivity index (χ2v) is 11.7. The lowest BCUT2D eigenvalue weighted by Crippen LogP contribution is -1.96. The van der Waals surface area contributed by atoms with Gasteiger partial charge in [0.2, 0.25) is 0 Å². The molecule has 45 heavy (non-hydrogen) atoms. The van der Waals surface area contributed by atoms with E-state index >= 15 is 0 Å². The molecule has 3 heteroatoms. The second-order valence-electron chi connectivity index (χ2n) is 11.7. The van der Waals surface area contributed by atoms with Gasteiger partial charge >= 0.3 is 0 Å². The predicted molar refractivity (Wildman–Crippen MR) is 186 cm³/mol. The van der Waals surface area contributed by atoms with Gasteiger partial charge in [0, 0.05) is 54.7 Å². The van der Waals surface area contributed by atoms with Gasteiger partial charge in [0.25, 0.3) is 0 Å². The standard InChI is InChI=1S/C42H25NO2/c1-2-12-27(13-3-1)43-37-21-7-4-14-29(37)35-24-26(28-17-10-18-32-30-15-5-8-22-38(30)44-41(28)32)25-36(40(35)43)34-20-11-19-33-31-16-6-9-23-39(31)45-42(33)34/h1-25H. The Morgan fingerprint density at radius 2 is 0.933 bits per heavy atom. The first-order valence-electron chi connectivity index (χ1n) is 15.3. The summed E-state index contributed by atoms with van der Waals surface area (Å²) in [4.78, 5) is 0. The molecular weight excluding hydrogens is 550 g/mol. The molecule has 10 rings (SSSR count). The molecule has 0 aliphatic carbocycles. The van der Waals surface area contributed by atoms with Crippen molar-refractivity contribution in [1.82, 2.24) is 4.57 Å². The number of furan rings is 2. The Kier molecular flexibility index (Phi) is 5.00. The van der Waals surface area contributed by atoms with Crippen LogP contribution >= 0.6 is 0 Å². The molecule has 0 saturated carbocycles. The zero-order valence-corrected chi connectivity index (χ0v) is 24.2. The number of hydrogen-bond donors (Lipinski definition) is 0. The Morgan fingerprint density at radius 3 is 1.64 bits per heavy atom. The number of para-hydroxylation sites is 6. The predicted octanol–water partition coefficient (Wildman–Crippen LogP) is 11.9. The summed E-state index contributed by atoms with van der Waals surface area (Å²) in [6, 6.07) is 53.5. The van der Waals surface area contributed by atoms with Gasteiger partial charge in [-0.05, 0) is 48.0 Å². The summed E-state index contributed by atoms with van der Waals surface area (Å²) in [5, 5.41) is 6.87. The van der Waals surface area contributed by atoms with E-state index in [2.05, 4.69) is 132 Å². The Labute approximate surface area is 258 Å². The number of fused-ring (bicyclic) bond motifs is 9. The van der Waals surface area contributed by atoms with Crippen molar-refractivity contribution in [1.29, 1.82) is 0 Å². The van der Waals surface area contributed by atoms with Crippen LogP contribution in [0.25, 0.3) is 93.6 Å². The zero-order valence-electron chi connectivity index (χ0n) is 24.2. The van der Waals surface area contributed by atoms with Crippen LogP contribution in [0.1, 0.15) is 0 Å². The van der Waals surface area contributed by atoms with Crippen molar-refractivity contribution in [2.75, 3.05) is 0 Å². The summed E-state index contributed by atoms with van der Waals surface area (Å²) < 4.78 is 15.6. The van der Waals surface area contributed by atoms with Crippen molar-refractivity contribution in [3.05, 3.63) is 152 Å². The third-order valence-electron chi connectivity index (χ3n) is 9.19. The molecule has 0 atom stereocenters. The maximum absolute atomic E-state index is 6.63. The van der Waals surface area contributed by atoms with Gasteiger partial charge < -0.3 is 13.4 Å². The summed E-state index contributed by atoms with van der Waals surface area (Å²) in [6.07, 6.45) is 0. The van der Waals surface area contributed by atoms with E-state index in [9.17, 15) is 0 Å². The highest BCUT2D eigenvalue weighted by Crippen LogP contribution is 2.45. The molecular formula is C42H25NO2. The smallest absolute Gasteiger partial charge is 0.143 e. The topological polar surface area (TPSA) is 31.2 Å². The van der Waals surface area contributed by atoms with Crippen molar-refractivity contribution >= 4 is 65.7 Å². The van der Waals surface area contributed by atoms with Crippen LogP contribution in [0.2, 0.25) is 0 Å². The highest BCUT2D eigenvalue weighted by atomic mass is 16.3. The van der Waals surface area contributed by atoms with E-state index in [1.807, 2.05) is 24.3 Å². The minimum atomic E-state index is 0.892. The van der Waals surface area contributed by atoms with Gasteiger partial charge in [-0.1, -0.05) is 109 Å². The lowest BCUT2D eigenvalue weighted by molar-refractivity contribution is 0.670. The van der Waals surface area contributed by atoms with Gasteiger partial charge in [0.05, 0.1) is 11.0 Å². The van der Waals surface area contributed by atoms with Crippen LogP contribution in [-0.2, 0) is 0 Å². The molecule has 7 aromatic carbocycles. The molecule has 3 aromatic heterocycles. The fourth-order valence-electron chi connectivity index (χ4n) is 7.24. The first-order valence-corrected chi connectivity index (χ1v) is 15.3. The summed E-state index contributed by atoms with van der Waals surface area (Å²) >= 11 is 0. The molecule has 10 aromatic rings. The molecule has 0 bridgehead atoms. The summed E-state index contributed by atoms with van der Waals surface area (Å²) in [5.41, 5.74) is 11.4. The fourth-order valence-corrected chi connectivity index (χ4v) is 7.24. The maximum Gasteiger partial charge on any atom is 0.143 e. The van der Waals surface area contributed by atoms with E-state index in [0.29, 0.717) is 0 Å². The SMILES string of the molecule is c1ccc(-n2c3ccccc3c3cc(-c4cccc5c4oc4ccccc45)cc(-c4cccc5c4oc4ccccc45)c32)cc1. The molecule has 210 valence electrons. The first kappa shape index (κ1) is 24.4. The van der Waals surface area contributed by atoms with Crippen LogP contribution in [0.4, 0.5) is 0 Å². The summed E-state index contributed by atoms with van der Waals surface area (Å²) in [5.74, 6) is 0. The molecule has 0 radical (unpaired) electrons. The van der Waals surface area contributed by atoms with E-state index in [1.54, 1.807) is 0 Å². The van der Waals surface area contributed by atoms with Gasteiger partial charge in [0.1, 0.15) is 22.3 Å². The molecule has 0 aliphatic rings. The van der Waals surface area contributed by atoms with Gasteiger partial charge in [-0.25, -0.2) is 0 Å². The molecule has 0 amide bonds. The zero-order chi connectivity index (χ0) is 29.5. The lowest BCUT2D eigenvalue weighted by Gasteiger charge is -2.14. The minimum Gasteiger partial charge on any atom is -0.455 e. The van der Waals surface area contributed by atoms with E-state index in [-0.39, 0.29) is 0 Å². The molecule has 0 saturated heterocycles. The largest absolute Gasteiger partial charge is 0.455 e. The van der Waals surface area contributed by atoms with Crippen molar-refractivity contribution in [3.8, 4) is 27.9 Å². The van der Waals surface area contributed by atoms with E-state index < -0.39 is 0 Å². The van der Waals surface area contributed by atoms with E-state index in [1.165, 1.54) is 10.8 Å². The number of hydrogen-bond acceptors (Lipinski definition) is 2. The molecule has 0 unspecified atom stereocenters. The number of aromatic nitrogens is 1. The maximum atomic E-state index is 6.63. The van der Waals surface area contributed by atoms with E-state index in [0.717, 1.165) is 82.9 Å². The molecule has 3 nitrogen and oxygen atoms in total. The second kappa shape index (κ2) is 9.22. The third-order valence-corrected chi connectivity index (χ3v) is 9.19. The average Bonchev–Trinajstić information content (AvgIpc) is 3.78. The minimum absolute atomic E-state index is 0.892. The highest BCUT2D eigenvalue weighted by molar-refractivity contribution is 6.19. The summed E-state index contributed by atoms with van der Waals surface area (Å²) in [6.45, 7) is 0. The normalized spacial score (nSPS) is 12.0. The van der Waals surface area contributed by atoms with Crippen LogP contribution in [0.5, 0.6) is 0 Å². The van der Waals surface area contributed by atoms with Crippen LogP contribution in [-0.4, -0.2) is 4.57 Å². The van der Waals surface area contributed by atoms with Crippen molar-refractivity contribution < 1.29 is 8.83 Å². The van der Waals surface area contributed by atoms with Crippen LogP contribution < -0.4 is 0 Å². The molecule has 3 heterocycles.